The van der Waals surface area contributed by atoms with Gasteiger partial charge in [0, 0.05) is 31.5 Å². The molecule has 11 heteroatoms. The molecule has 34 heavy (non-hydrogen) atoms. The van der Waals surface area contributed by atoms with Gasteiger partial charge in [0.2, 0.25) is 0 Å². The van der Waals surface area contributed by atoms with E-state index < -0.39 is 11.9 Å². The summed E-state index contributed by atoms with van der Waals surface area (Å²) in [5, 5.41) is 6.63. The van der Waals surface area contributed by atoms with Crippen LogP contribution < -0.4 is 10.1 Å². The van der Waals surface area contributed by atoms with Crippen LogP contribution in [0.25, 0.3) is 5.82 Å². The zero-order chi connectivity index (χ0) is 24.1. The average molecular weight is 475 g/mol. The van der Waals surface area contributed by atoms with Crippen molar-refractivity contribution >= 4 is 17.3 Å². The molecule has 8 nitrogen and oxygen atoms in total. The number of halogens is 3. The van der Waals surface area contributed by atoms with Gasteiger partial charge in [0.05, 0.1) is 18.8 Å². The van der Waals surface area contributed by atoms with Crippen LogP contribution in [-0.2, 0) is 10.9 Å². The van der Waals surface area contributed by atoms with Gasteiger partial charge in [0.15, 0.2) is 17.3 Å². The first kappa shape index (κ1) is 23.7. The van der Waals surface area contributed by atoms with Gasteiger partial charge in [-0.3, -0.25) is 9.69 Å². The summed E-state index contributed by atoms with van der Waals surface area (Å²) in [7, 11) is 0. The number of carbonyl (C=O) groups is 1. The highest BCUT2D eigenvalue weighted by atomic mass is 19.4. The second-order valence-corrected chi connectivity index (χ2v) is 7.72. The van der Waals surface area contributed by atoms with Crippen molar-refractivity contribution in [1.82, 2.24) is 19.7 Å². The molecular formula is C23H24F3N5O3. The topological polar surface area (TPSA) is 81.5 Å². The van der Waals surface area contributed by atoms with E-state index in [0.717, 1.165) is 55.5 Å². The minimum absolute atomic E-state index is 0.0102. The fraction of sp³-hybridized carbons (Fsp3) is 0.348. The average Bonchev–Trinajstić information content (AvgIpc) is 3.32. The van der Waals surface area contributed by atoms with Gasteiger partial charge in [-0.1, -0.05) is 0 Å². The van der Waals surface area contributed by atoms with Crippen LogP contribution in [0.4, 0.5) is 24.7 Å². The first-order valence-electron chi connectivity index (χ1n) is 10.7. The van der Waals surface area contributed by atoms with Gasteiger partial charge >= 0.3 is 6.18 Å². The predicted octanol–water partition coefficient (Wildman–Crippen LogP) is 3.94. The van der Waals surface area contributed by atoms with E-state index in [-0.39, 0.29) is 17.2 Å². The Morgan fingerprint density at radius 2 is 1.85 bits per heavy atom. The summed E-state index contributed by atoms with van der Waals surface area (Å²) in [5.74, 6) is 0.744. The summed E-state index contributed by atoms with van der Waals surface area (Å²) in [6, 6.07) is 11.2. The van der Waals surface area contributed by atoms with Gasteiger partial charge in [0.25, 0.3) is 0 Å². The molecule has 3 heterocycles. The smallest absolute Gasteiger partial charge is 0.435 e. The highest BCUT2D eigenvalue weighted by Crippen LogP contribution is 2.28. The lowest BCUT2D eigenvalue weighted by Crippen LogP contribution is -2.38. The van der Waals surface area contributed by atoms with E-state index in [1.54, 1.807) is 18.2 Å². The third-order valence-corrected chi connectivity index (χ3v) is 5.26. The number of nitrogens with one attached hydrogen (secondary N) is 1. The number of nitrogens with zero attached hydrogens (tertiary/aromatic N) is 4. The molecule has 1 aliphatic rings. The van der Waals surface area contributed by atoms with Crippen molar-refractivity contribution in [2.45, 2.75) is 13.1 Å². The largest absolute Gasteiger partial charge is 0.492 e. The minimum atomic E-state index is -4.59. The fourth-order valence-corrected chi connectivity index (χ4v) is 3.46. The van der Waals surface area contributed by atoms with Crippen molar-refractivity contribution in [1.29, 1.82) is 0 Å². The quantitative estimate of drug-likeness (QED) is 0.494. The molecule has 1 fully saturated rings. The predicted molar refractivity (Wildman–Crippen MR) is 119 cm³/mol. The van der Waals surface area contributed by atoms with Crippen LogP contribution in [0.3, 0.4) is 0 Å². The Bertz CT molecular complexity index is 1130. The number of rotatable bonds is 8. The van der Waals surface area contributed by atoms with Crippen LogP contribution in [0, 0.1) is 0 Å². The Kier molecular flexibility index (Phi) is 7.13. The number of alkyl halides is 3. The number of pyridine rings is 1. The molecule has 4 rings (SSSR count). The molecule has 0 saturated carbocycles. The van der Waals surface area contributed by atoms with E-state index >= 15 is 0 Å². The molecule has 0 spiro atoms. The van der Waals surface area contributed by atoms with Crippen LogP contribution >= 0.6 is 0 Å². The lowest BCUT2D eigenvalue weighted by atomic mass is 10.2. The molecule has 0 unspecified atom stereocenters. The number of hydrogen-bond acceptors (Lipinski definition) is 7. The molecule has 1 saturated heterocycles. The normalized spacial score (nSPS) is 14.7. The van der Waals surface area contributed by atoms with E-state index in [2.05, 4.69) is 20.3 Å². The molecule has 0 amide bonds. The van der Waals surface area contributed by atoms with E-state index in [4.69, 9.17) is 9.47 Å². The number of morpholine rings is 1. The van der Waals surface area contributed by atoms with E-state index in [9.17, 15) is 18.0 Å². The highest BCUT2D eigenvalue weighted by molar-refractivity contribution is 5.97. The summed E-state index contributed by atoms with van der Waals surface area (Å²) in [5.41, 5.74) is -0.205. The fourth-order valence-electron chi connectivity index (χ4n) is 3.46. The number of carbonyl (C=O) groups excluding carboxylic acids is 1. The minimum Gasteiger partial charge on any atom is -0.492 e. The van der Waals surface area contributed by atoms with Crippen LogP contribution in [0.2, 0.25) is 0 Å². The first-order valence-corrected chi connectivity index (χ1v) is 10.7. The van der Waals surface area contributed by atoms with Crippen molar-refractivity contribution in [3.05, 3.63) is 59.9 Å². The van der Waals surface area contributed by atoms with Crippen molar-refractivity contribution < 1.29 is 27.4 Å². The van der Waals surface area contributed by atoms with Crippen LogP contribution in [-0.4, -0.2) is 64.9 Å². The van der Waals surface area contributed by atoms with Crippen LogP contribution in [0.5, 0.6) is 5.75 Å². The highest BCUT2D eigenvalue weighted by Gasteiger charge is 2.34. The number of ether oxygens (including phenoxy) is 2. The van der Waals surface area contributed by atoms with Crippen molar-refractivity contribution in [2.24, 2.45) is 0 Å². The SMILES string of the molecule is CC(=O)c1ccc(Nc2ccc(OCCN3CCOCC3)cc2)nc1-n1ccc(C(F)(F)F)n1. The van der Waals surface area contributed by atoms with Gasteiger partial charge < -0.3 is 14.8 Å². The summed E-state index contributed by atoms with van der Waals surface area (Å²) < 4.78 is 50.9. The maximum absolute atomic E-state index is 13.0. The third-order valence-electron chi connectivity index (χ3n) is 5.26. The summed E-state index contributed by atoms with van der Waals surface area (Å²) >= 11 is 0. The monoisotopic (exact) mass is 475 g/mol. The Balaban J connectivity index is 1.43. The van der Waals surface area contributed by atoms with Gasteiger partial charge in [-0.2, -0.15) is 18.3 Å². The number of anilines is 2. The van der Waals surface area contributed by atoms with Gasteiger partial charge in [-0.25, -0.2) is 9.67 Å². The lowest BCUT2D eigenvalue weighted by molar-refractivity contribution is -0.141. The van der Waals surface area contributed by atoms with E-state index in [1.807, 2.05) is 12.1 Å². The second-order valence-electron chi connectivity index (χ2n) is 7.72. The van der Waals surface area contributed by atoms with Crippen molar-refractivity contribution in [2.75, 3.05) is 44.8 Å². The number of ketones is 1. The number of Topliss-reactive ketones (excluding diaryl/α,β-unsaturated/α-hetero) is 1. The van der Waals surface area contributed by atoms with Gasteiger partial charge in [0.1, 0.15) is 18.2 Å². The maximum atomic E-state index is 13.0. The maximum Gasteiger partial charge on any atom is 0.435 e. The Hall–Kier alpha value is -3.44. The number of benzene rings is 1. The van der Waals surface area contributed by atoms with E-state index in [1.165, 1.54) is 13.0 Å². The Labute approximate surface area is 194 Å². The Morgan fingerprint density at radius 1 is 1.12 bits per heavy atom. The lowest BCUT2D eigenvalue weighted by Gasteiger charge is -2.26. The molecule has 1 N–H and O–H groups in total. The van der Waals surface area contributed by atoms with Crippen LogP contribution in [0.1, 0.15) is 23.0 Å². The number of aromatic nitrogens is 3. The van der Waals surface area contributed by atoms with Crippen molar-refractivity contribution in [3.8, 4) is 11.6 Å². The Morgan fingerprint density at radius 3 is 2.50 bits per heavy atom. The first-order chi connectivity index (χ1) is 16.3. The number of hydrogen-bond donors (Lipinski definition) is 1. The zero-order valence-corrected chi connectivity index (χ0v) is 18.5. The molecule has 180 valence electrons. The van der Waals surface area contributed by atoms with Crippen LogP contribution in [0.15, 0.2) is 48.7 Å². The molecular weight excluding hydrogens is 451 g/mol. The molecule has 0 bridgehead atoms. The second kappa shape index (κ2) is 10.2. The van der Waals surface area contributed by atoms with Crippen molar-refractivity contribution in [3.63, 3.8) is 0 Å². The van der Waals surface area contributed by atoms with Gasteiger partial charge in [-0.15, -0.1) is 0 Å². The molecule has 0 atom stereocenters. The molecule has 3 aromatic rings. The third kappa shape index (κ3) is 5.91. The van der Waals surface area contributed by atoms with E-state index in [0.29, 0.717) is 18.1 Å². The molecule has 0 aliphatic carbocycles. The summed E-state index contributed by atoms with van der Waals surface area (Å²) in [4.78, 5) is 18.6. The zero-order valence-electron chi connectivity index (χ0n) is 18.5. The summed E-state index contributed by atoms with van der Waals surface area (Å²) in [6.45, 7) is 6.00. The molecule has 1 aliphatic heterocycles. The summed E-state index contributed by atoms with van der Waals surface area (Å²) in [6.07, 6.45) is -3.46. The molecule has 1 aromatic carbocycles. The molecule has 0 radical (unpaired) electrons. The molecule has 2 aromatic heterocycles. The van der Waals surface area contributed by atoms with Gasteiger partial charge in [-0.05, 0) is 49.4 Å². The standard InChI is InChI=1S/C23H24F3N5O3/c1-16(32)19-6-7-21(28-22(19)31-9-8-20(29-31)23(24,25)26)27-17-2-4-18(5-3-17)34-15-12-30-10-13-33-14-11-30/h2-9H,10-15H2,1H3,(H,27,28).